The highest BCUT2D eigenvalue weighted by Crippen LogP contribution is 2.25. The Morgan fingerprint density at radius 3 is 2.65 bits per heavy atom. The van der Waals surface area contributed by atoms with Crippen LogP contribution in [0.3, 0.4) is 0 Å². The van der Waals surface area contributed by atoms with Crippen LogP contribution in [0.25, 0.3) is 16.6 Å². The first kappa shape index (κ1) is 29.3. The smallest absolute Gasteiger partial charge is 0.274 e. The number of piperazine rings is 1. The molecule has 212 valence electrons. The number of aryl methyl sites for hydroxylation is 1. The van der Waals surface area contributed by atoms with Gasteiger partial charge in [0.1, 0.15) is 23.7 Å². The van der Waals surface area contributed by atoms with Crippen LogP contribution >= 0.6 is 24.8 Å². The van der Waals surface area contributed by atoms with Gasteiger partial charge in [0.15, 0.2) is 0 Å². The molecule has 6 rings (SSSR count). The van der Waals surface area contributed by atoms with Gasteiger partial charge in [0.25, 0.3) is 5.91 Å². The van der Waals surface area contributed by atoms with Gasteiger partial charge in [-0.25, -0.2) is 9.97 Å². The topological polar surface area (TPSA) is 97.8 Å². The van der Waals surface area contributed by atoms with Gasteiger partial charge in [-0.15, -0.1) is 24.8 Å². The van der Waals surface area contributed by atoms with E-state index in [2.05, 4.69) is 37.2 Å². The number of hydrogen-bond donors (Lipinski definition) is 1. The Bertz CT molecular complexity index is 1590. The van der Waals surface area contributed by atoms with Gasteiger partial charge >= 0.3 is 0 Å². The summed E-state index contributed by atoms with van der Waals surface area (Å²) in [6.07, 6.45) is 8.92. The number of halogens is 2. The Hall–Kier alpha value is -3.64. The predicted molar refractivity (Wildman–Crippen MR) is 159 cm³/mol. The molecule has 0 radical (unpaired) electrons. The Morgan fingerprint density at radius 2 is 1.88 bits per heavy atom. The predicted octanol–water partition coefficient (Wildman–Crippen LogP) is 3.19. The van der Waals surface area contributed by atoms with E-state index >= 15 is 0 Å². The summed E-state index contributed by atoms with van der Waals surface area (Å²) in [4.78, 5) is 26.8. The lowest BCUT2D eigenvalue weighted by Gasteiger charge is -2.32. The van der Waals surface area contributed by atoms with E-state index in [1.54, 1.807) is 23.1 Å². The third-order valence-corrected chi connectivity index (χ3v) is 7.00. The Labute approximate surface area is 244 Å². The standard InChI is InChI=1S/C27H31N9O2.2ClH/c1-32-8-10-34(11-9-32)12-13-38-21-6-7-35-25(16-28-26(35)14-21)27(37)31-23-4-3-5-24-22(23)15-30-36(24)18-20-17-33(2)19-29-20;;/h3-7,14-17,19H,8-13,18H2,1-2H3,(H,31,37);2*1H. The van der Waals surface area contributed by atoms with E-state index in [9.17, 15) is 4.79 Å². The van der Waals surface area contributed by atoms with Crippen molar-refractivity contribution in [2.45, 2.75) is 6.54 Å². The van der Waals surface area contributed by atoms with E-state index in [0.29, 0.717) is 30.2 Å². The molecule has 1 N–H and O–H groups in total. The summed E-state index contributed by atoms with van der Waals surface area (Å²) < 4.78 is 11.5. The highest BCUT2D eigenvalue weighted by atomic mass is 35.5. The SMILES string of the molecule is CN1CCN(CCOc2ccn3c(C(=O)Nc4cccc5c4cnn5Cc4cn(C)cn4)cnc3c2)CC1.Cl.Cl. The molecule has 11 nitrogen and oxygen atoms in total. The van der Waals surface area contributed by atoms with Crippen molar-refractivity contribution in [2.24, 2.45) is 7.05 Å². The highest BCUT2D eigenvalue weighted by molar-refractivity contribution is 6.08. The summed E-state index contributed by atoms with van der Waals surface area (Å²) in [6.45, 7) is 6.37. The summed E-state index contributed by atoms with van der Waals surface area (Å²) in [7, 11) is 4.09. The van der Waals surface area contributed by atoms with Crippen molar-refractivity contribution in [3.05, 3.63) is 72.8 Å². The highest BCUT2D eigenvalue weighted by Gasteiger charge is 2.17. The van der Waals surface area contributed by atoms with Crippen molar-refractivity contribution in [3.8, 4) is 5.75 Å². The molecule has 0 bridgehead atoms. The number of nitrogens with one attached hydrogen (secondary N) is 1. The summed E-state index contributed by atoms with van der Waals surface area (Å²) >= 11 is 0. The van der Waals surface area contributed by atoms with Gasteiger partial charge in [-0.05, 0) is 25.2 Å². The molecule has 5 heterocycles. The Balaban J connectivity index is 0.00000185. The zero-order valence-corrected chi connectivity index (χ0v) is 24.1. The van der Waals surface area contributed by atoms with Crippen molar-refractivity contribution in [3.63, 3.8) is 0 Å². The first-order chi connectivity index (χ1) is 18.5. The van der Waals surface area contributed by atoms with Crippen LogP contribution in [0.15, 0.2) is 61.4 Å². The lowest BCUT2D eigenvalue weighted by atomic mass is 10.2. The average Bonchev–Trinajstić information content (AvgIpc) is 3.64. The van der Waals surface area contributed by atoms with Crippen LogP contribution < -0.4 is 10.1 Å². The summed E-state index contributed by atoms with van der Waals surface area (Å²) in [5.74, 6) is 0.500. The molecule has 1 saturated heterocycles. The second-order valence-electron chi connectivity index (χ2n) is 9.75. The maximum absolute atomic E-state index is 13.2. The maximum Gasteiger partial charge on any atom is 0.274 e. The fourth-order valence-corrected chi connectivity index (χ4v) is 4.81. The van der Waals surface area contributed by atoms with E-state index in [-0.39, 0.29) is 30.7 Å². The average molecular weight is 587 g/mol. The van der Waals surface area contributed by atoms with E-state index < -0.39 is 0 Å². The fourth-order valence-electron chi connectivity index (χ4n) is 4.81. The number of imidazole rings is 2. The molecule has 1 fully saturated rings. The van der Waals surface area contributed by atoms with Crippen LogP contribution in [0.4, 0.5) is 5.69 Å². The fraction of sp³-hybridized carbons (Fsp3) is 0.333. The normalized spacial score (nSPS) is 14.2. The largest absolute Gasteiger partial charge is 0.492 e. The van der Waals surface area contributed by atoms with Gasteiger partial charge in [0.05, 0.1) is 42.2 Å². The molecular weight excluding hydrogens is 553 g/mol. The number of anilines is 1. The van der Waals surface area contributed by atoms with Gasteiger partial charge in [-0.3, -0.25) is 18.8 Å². The van der Waals surface area contributed by atoms with Crippen LogP contribution in [0, 0.1) is 0 Å². The second kappa shape index (κ2) is 12.7. The molecule has 1 aromatic carbocycles. The molecule has 4 aromatic heterocycles. The molecule has 0 unspecified atom stereocenters. The van der Waals surface area contributed by atoms with Crippen LogP contribution in [-0.2, 0) is 13.6 Å². The molecule has 0 spiro atoms. The van der Waals surface area contributed by atoms with E-state index in [0.717, 1.165) is 55.1 Å². The molecule has 0 aliphatic carbocycles. The molecule has 1 aliphatic rings. The number of benzene rings is 1. The number of rotatable bonds is 8. The molecule has 0 saturated carbocycles. The molecule has 1 aliphatic heterocycles. The minimum Gasteiger partial charge on any atom is -0.492 e. The first-order valence-electron chi connectivity index (χ1n) is 12.8. The number of amides is 1. The number of aromatic nitrogens is 6. The third kappa shape index (κ3) is 6.23. The van der Waals surface area contributed by atoms with Gasteiger partial charge in [0, 0.05) is 63.6 Å². The Kier molecular flexibility index (Phi) is 9.31. The van der Waals surface area contributed by atoms with Crippen LogP contribution in [-0.4, -0.2) is 90.8 Å². The van der Waals surface area contributed by atoms with Gasteiger partial charge in [-0.1, -0.05) is 6.07 Å². The lowest BCUT2D eigenvalue weighted by molar-refractivity contribution is 0.102. The summed E-state index contributed by atoms with van der Waals surface area (Å²) in [5.41, 5.74) is 3.64. The number of ether oxygens (including phenoxy) is 1. The number of carbonyl (C=O) groups excluding carboxylic acids is 1. The minimum absolute atomic E-state index is 0. The van der Waals surface area contributed by atoms with Crippen molar-refractivity contribution in [1.82, 2.24) is 38.5 Å². The Morgan fingerprint density at radius 1 is 1.05 bits per heavy atom. The van der Waals surface area contributed by atoms with Crippen LogP contribution in [0.5, 0.6) is 5.75 Å². The molecular formula is C27H33Cl2N9O2. The number of nitrogens with zero attached hydrogens (tertiary/aromatic N) is 8. The van der Waals surface area contributed by atoms with Gasteiger partial charge in [0.2, 0.25) is 0 Å². The molecule has 0 atom stereocenters. The minimum atomic E-state index is -0.244. The molecule has 5 aromatic rings. The van der Waals surface area contributed by atoms with Gasteiger partial charge in [-0.2, -0.15) is 5.10 Å². The lowest BCUT2D eigenvalue weighted by Crippen LogP contribution is -2.45. The van der Waals surface area contributed by atoms with Gasteiger partial charge < -0.3 is 19.5 Å². The van der Waals surface area contributed by atoms with Crippen molar-refractivity contribution in [2.75, 3.05) is 51.7 Å². The monoisotopic (exact) mass is 585 g/mol. The second-order valence-corrected chi connectivity index (χ2v) is 9.75. The van der Waals surface area contributed by atoms with Crippen LogP contribution in [0.2, 0.25) is 0 Å². The zero-order valence-electron chi connectivity index (χ0n) is 22.4. The summed E-state index contributed by atoms with van der Waals surface area (Å²) in [6, 6.07) is 9.51. The number of fused-ring (bicyclic) bond motifs is 2. The number of hydrogen-bond acceptors (Lipinski definition) is 7. The van der Waals surface area contributed by atoms with E-state index in [4.69, 9.17) is 4.74 Å². The number of pyridine rings is 1. The zero-order chi connectivity index (χ0) is 26.1. The number of likely N-dealkylation sites (N-methyl/N-ethyl adjacent to an activating group) is 1. The third-order valence-electron chi connectivity index (χ3n) is 7.00. The van der Waals surface area contributed by atoms with E-state index in [1.807, 2.05) is 59.0 Å². The quantitative estimate of drug-likeness (QED) is 0.298. The summed E-state index contributed by atoms with van der Waals surface area (Å²) in [5, 5.41) is 8.43. The first-order valence-corrected chi connectivity index (χ1v) is 12.8. The van der Waals surface area contributed by atoms with Crippen LogP contribution in [0.1, 0.15) is 16.2 Å². The van der Waals surface area contributed by atoms with Crippen molar-refractivity contribution >= 4 is 53.0 Å². The van der Waals surface area contributed by atoms with Crippen molar-refractivity contribution in [1.29, 1.82) is 0 Å². The molecule has 1 amide bonds. The molecule has 13 heteroatoms. The van der Waals surface area contributed by atoms with Crippen molar-refractivity contribution < 1.29 is 9.53 Å². The van der Waals surface area contributed by atoms with E-state index in [1.165, 1.54) is 0 Å². The molecule has 40 heavy (non-hydrogen) atoms. The number of carbonyl (C=O) groups is 1. The maximum atomic E-state index is 13.2.